The second-order valence-electron chi connectivity index (χ2n) is 5.88. The van der Waals surface area contributed by atoms with Crippen LogP contribution in [0.2, 0.25) is 0 Å². The Bertz CT molecular complexity index is 651. The van der Waals surface area contributed by atoms with Gasteiger partial charge in [-0.05, 0) is 25.5 Å². The number of rotatable bonds is 7. The van der Waals surface area contributed by atoms with E-state index in [0.29, 0.717) is 18.6 Å². The quantitative estimate of drug-likeness (QED) is 0.766. The van der Waals surface area contributed by atoms with Crippen molar-refractivity contribution in [3.05, 3.63) is 58.1 Å². The average molecular weight is 330 g/mol. The summed E-state index contributed by atoms with van der Waals surface area (Å²) in [6.07, 6.45) is 5.18. The summed E-state index contributed by atoms with van der Waals surface area (Å²) in [6.45, 7) is 3.54. The summed E-state index contributed by atoms with van der Waals surface area (Å²) in [4.78, 5) is 4.60. The third-order valence-corrected chi connectivity index (χ3v) is 4.81. The van der Waals surface area contributed by atoms with E-state index < -0.39 is 0 Å². The fourth-order valence-electron chi connectivity index (χ4n) is 2.57. The van der Waals surface area contributed by atoms with E-state index in [1.165, 1.54) is 5.56 Å². The Hall–Kier alpha value is -1.69. The molecule has 0 saturated carbocycles. The lowest BCUT2D eigenvalue weighted by Crippen LogP contribution is -2.26. The minimum absolute atomic E-state index is 0.228. The van der Waals surface area contributed by atoms with Crippen molar-refractivity contribution in [3.8, 4) is 5.75 Å². The van der Waals surface area contributed by atoms with Crippen molar-refractivity contribution < 1.29 is 9.84 Å². The molecular formula is C18H22N2O2S. The second kappa shape index (κ2) is 7.73. The van der Waals surface area contributed by atoms with Crippen LogP contribution in [0, 0.1) is 12.8 Å². The number of aryl methyl sites for hydroxylation is 1. The fourth-order valence-corrected chi connectivity index (χ4v) is 3.28. The summed E-state index contributed by atoms with van der Waals surface area (Å²) in [5.41, 5.74) is 2.27. The molecule has 1 aliphatic carbocycles. The lowest BCUT2D eigenvalue weighted by atomic mass is 10.1. The molecule has 1 aromatic carbocycles. The minimum atomic E-state index is 0.228. The molecule has 4 nitrogen and oxygen atoms in total. The Kier molecular flexibility index (Phi) is 5.43. The average Bonchev–Trinajstić information content (AvgIpc) is 3.21. The third kappa shape index (κ3) is 4.64. The first-order chi connectivity index (χ1) is 11.2. The van der Waals surface area contributed by atoms with Gasteiger partial charge in [0.2, 0.25) is 0 Å². The molecule has 2 N–H and O–H groups in total. The van der Waals surface area contributed by atoms with Crippen LogP contribution in [0.25, 0.3) is 0 Å². The van der Waals surface area contributed by atoms with Crippen LogP contribution in [0.4, 0.5) is 0 Å². The van der Waals surface area contributed by atoms with Crippen molar-refractivity contribution in [2.45, 2.75) is 32.5 Å². The van der Waals surface area contributed by atoms with Crippen molar-refractivity contribution in [3.63, 3.8) is 0 Å². The molecule has 0 bridgehead atoms. The van der Waals surface area contributed by atoms with Gasteiger partial charge in [0.05, 0.1) is 5.69 Å². The Balaban J connectivity index is 1.45. The smallest absolute Gasteiger partial charge is 0.140 e. The Morgan fingerprint density at radius 3 is 2.87 bits per heavy atom. The molecule has 1 heterocycles. The van der Waals surface area contributed by atoms with E-state index in [1.54, 1.807) is 11.3 Å². The zero-order valence-electron chi connectivity index (χ0n) is 13.2. The van der Waals surface area contributed by atoms with Crippen LogP contribution < -0.4 is 10.1 Å². The van der Waals surface area contributed by atoms with Gasteiger partial charge in [0.15, 0.2) is 0 Å². The van der Waals surface area contributed by atoms with Gasteiger partial charge in [0.25, 0.3) is 0 Å². The molecule has 23 heavy (non-hydrogen) atoms. The van der Waals surface area contributed by atoms with E-state index in [2.05, 4.69) is 34.8 Å². The molecule has 0 amide bonds. The van der Waals surface area contributed by atoms with Gasteiger partial charge in [-0.1, -0.05) is 29.8 Å². The molecule has 5 heteroatoms. The summed E-state index contributed by atoms with van der Waals surface area (Å²) in [5.74, 6) is 1.16. The number of benzene rings is 1. The predicted molar refractivity (Wildman–Crippen MR) is 92.6 cm³/mol. The number of thiazole rings is 1. The van der Waals surface area contributed by atoms with Crippen LogP contribution in [-0.2, 0) is 13.2 Å². The monoisotopic (exact) mass is 330 g/mol. The Morgan fingerprint density at radius 2 is 2.13 bits per heavy atom. The topological polar surface area (TPSA) is 54.4 Å². The number of nitrogens with one attached hydrogen (secondary N) is 1. The first-order valence-electron chi connectivity index (χ1n) is 7.88. The second-order valence-corrected chi connectivity index (χ2v) is 6.83. The van der Waals surface area contributed by atoms with E-state index >= 15 is 0 Å². The van der Waals surface area contributed by atoms with E-state index in [9.17, 15) is 0 Å². The van der Waals surface area contributed by atoms with Gasteiger partial charge in [-0.15, -0.1) is 11.3 Å². The largest absolute Gasteiger partial charge is 0.486 e. The number of aromatic nitrogens is 1. The maximum Gasteiger partial charge on any atom is 0.140 e. The zero-order valence-corrected chi connectivity index (χ0v) is 14.1. The first-order valence-corrected chi connectivity index (χ1v) is 8.76. The summed E-state index contributed by atoms with van der Waals surface area (Å²) in [7, 11) is 0. The van der Waals surface area contributed by atoms with Crippen molar-refractivity contribution in [2.75, 3.05) is 6.61 Å². The molecule has 0 saturated heterocycles. The molecule has 0 unspecified atom stereocenters. The first kappa shape index (κ1) is 16.2. The highest BCUT2D eigenvalue weighted by Gasteiger charge is 2.17. The Labute approximate surface area is 140 Å². The highest BCUT2D eigenvalue weighted by atomic mass is 32.1. The number of aliphatic hydroxyl groups is 1. The maximum atomic E-state index is 9.14. The number of aliphatic hydroxyl groups excluding tert-OH is 1. The lowest BCUT2D eigenvalue weighted by Gasteiger charge is -2.11. The molecule has 122 valence electrons. The van der Waals surface area contributed by atoms with Crippen LogP contribution in [-0.4, -0.2) is 22.7 Å². The summed E-state index contributed by atoms with van der Waals surface area (Å²) < 4.78 is 5.76. The van der Waals surface area contributed by atoms with Gasteiger partial charge in [-0.2, -0.15) is 0 Å². The summed E-state index contributed by atoms with van der Waals surface area (Å²) >= 11 is 1.63. The molecule has 0 spiro atoms. The molecule has 1 aliphatic rings. The van der Waals surface area contributed by atoms with Gasteiger partial charge in [0.1, 0.15) is 17.4 Å². The van der Waals surface area contributed by atoms with E-state index in [0.717, 1.165) is 29.4 Å². The number of ether oxygens (including phenoxy) is 1. The normalized spacial score (nSPS) is 20.1. The molecule has 2 atom stereocenters. The third-order valence-electron chi connectivity index (χ3n) is 3.93. The lowest BCUT2D eigenvalue weighted by molar-refractivity contribution is 0.246. The van der Waals surface area contributed by atoms with Crippen LogP contribution >= 0.6 is 11.3 Å². The SMILES string of the molecule is Cc1ccc(OCc2nc(CN[C@@H]3C=C[C@H](CO)C3)cs2)cc1. The van der Waals surface area contributed by atoms with Crippen molar-refractivity contribution in [2.24, 2.45) is 5.92 Å². The number of hydrogen-bond acceptors (Lipinski definition) is 5. The van der Waals surface area contributed by atoms with Crippen LogP contribution in [0.1, 0.15) is 22.7 Å². The van der Waals surface area contributed by atoms with Crippen LogP contribution in [0.5, 0.6) is 5.75 Å². The molecule has 1 aromatic heterocycles. The molecule has 0 radical (unpaired) electrons. The van der Waals surface area contributed by atoms with Gasteiger partial charge in [-0.25, -0.2) is 4.98 Å². The summed E-state index contributed by atoms with van der Waals surface area (Å²) in [5, 5.41) is 15.7. The van der Waals surface area contributed by atoms with E-state index in [4.69, 9.17) is 9.84 Å². The minimum Gasteiger partial charge on any atom is -0.486 e. The Morgan fingerprint density at radius 1 is 1.30 bits per heavy atom. The highest BCUT2D eigenvalue weighted by Crippen LogP contribution is 2.19. The van der Waals surface area contributed by atoms with E-state index in [-0.39, 0.29) is 6.61 Å². The van der Waals surface area contributed by atoms with Crippen molar-refractivity contribution in [1.29, 1.82) is 0 Å². The molecule has 2 aromatic rings. The predicted octanol–water partition coefficient (Wildman–Crippen LogP) is 3.06. The van der Waals surface area contributed by atoms with Crippen LogP contribution in [0.3, 0.4) is 0 Å². The van der Waals surface area contributed by atoms with Gasteiger partial charge < -0.3 is 15.2 Å². The number of hydrogen-bond donors (Lipinski definition) is 2. The molecular weight excluding hydrogens is 308 g/mol. The van der Waals surface area contributed by atoms with Crippen molar-refractivity contribution >= 4 is 11.3 Å². The molecule has 3 rings (SSSR count). The maximum absolute atomic E-state index is 9.14. The van der Waals surface area contributed by atoms with Gasteiger partial charge in [0, 0.05) is 30.5 Å². The van der Waals surface area contributed by atoms with Gasteiger partial charge >= 0.3 is 0 Å². The highest BCUT2D eigenvalue weighted by molar-refractivity contribution is 7.09. The van der Waals surface area contributed by atoms with Crippen LogP contribution in [0.15, 0.2) is 41.8 Å². The molecule has 0 fully saturated rings. The van der Waals surface area contributed by atoms with Crippen molar-refractivity contribution in [1.82, 2.24) is 10.3 Å². The molecule has 0 aliphatic heterocycles. The fraction of sp³-hybridized carbons (Fsp3) is 0.389. The zero-order chi connectivity index (χ0) is 16.1. The van der Waals surface area contributed by atoms with Gasteiger partial charge in [-0.3, -0.25) is 0 Å². The standard InChI is InChI=1S/C18H22N2O2S/c1-13-2-6-17(7-3-13)22-11-18-20-16(12-23-18)9-19-15-5-4-14(8-15)10-21/h2-7,12,14-15,19,21H,8-11H2,1H3/t14-,15+/m0/s1. The number of nitrogens with zero attached hydrogens (tertiary/aromatic N) is 1. The summed E-state index contributed by atoms with van der Waals surface area (Å²) in [6, 6.07) is 8.38. The van der Waals surface area contributed by atoms with E-state index in [1.807, 2.05) is 24.3 Å².